The average molecular weight is 559 g/mol. The zero-order valence-electron chi connectivity index (χ0n) is 24.1. The molecule has 0 bridgehead atoms. The lowest BCUT2D eigenvalue weighted by atomic mass is 10.0. The Labute approximate surface area is 241 Å². The predicted octanol–water partition coefficient (Wildman–Crippen LogP) is 5.24. The number of phenols is 1. The van der Waals surface area contributed by atoms with Gasteiger partial charge in [-0.2, -0.15) is 0 Å². The van der Waals surface area contributed by atoms with Crippen LogP contribution in [-0.4, -0.2) is 65.5 Å². The molecule has 1 saturated heterocycles. The lowest BCUT2D eigenvalue weighted by molar-refractivity contribution is -0.130. The fraction of sp³-hybridized carbons (Fsp3) is 0.344. The number of aryl methyl sites for hydroxylation is 2. The maximum atomic E-state index is 13.1. The van der Waals surface area contributed by atoms with Gasteiger partial charge in [-0.25, -0.2) is 4.79 Å². The number of nitrogens with zero attached hydrogens (tertiary/aromatic N) is 2. The number of hydrogen-bond acceptors (Lipinski definition) is 6. The molecule has 216 valence electrons. The molecule has 1 fully saturated rings. The van der Waals surface area contributed by atoms with Gasteiger partial charge in [0.05, 0.1) is 12.2 Å². The van der Waals surface area contributed by atoms with Gasteiger partial charge in [-0.3, -0.25) is 14.9 Å². The van der Waals surface area contributed by atoms with E-state index in [-0.39, 0.29) is 36.8 Å². The summed E-state index contributed by atoms with van der Waals surface area (Å²) in [5.41, 5.74) is 5.50. The van der Waals surface area contributed by atoms with Crippen molar-refractivity contribution in [1.82, 2.24) is 9.80 Å². The van der Waals surface area contributed by atoms with E-state index < -0.39 is 6.09 Å². The number of likely N-dealkylation sites (tertiary alicyclic amines) is 1. The first-order valence-electron chi connectivity index (χ1n) is 13.8. The molecule has 0 aliphatic carbocycles. The average Bonchev–Trinajstić information content (AvgIpc) is 2.97. The maximum absolute atomic E-state index is 13.1. The summed E-state index contributed by atoms with van der Waals surface area (Å²) in [7, 11) is 1.80. The van der Waals surface area contributed by atoms with Crippen molar-refractivity contribution >= 4 is 29.3 Å². The van der Waals surface area contributed by atoms with Gasteiger partial charge in [-0.15, -0.1) is 0 Å². The number of benzene rings is 3. The molecule has 1 heterocycles. The van der Waals surface area contributed by atoms with Gasteiger partial charge < -0.3 is 25.0 Å². The molecule has 0 aromatic heterocycles. The zero-order valence-corrected chi connectivity index (χ0v) is 24.1. The number of carbonyl (C=O) groups is 3. The molecule has 3 amide bonds. The van der Waals surface area contributed by atoms with Crippen LogP contribution >= 0.6 is 0 Å². The van der Waals surface area contributed by atoms with E-state index in [1.165, 1.54) is 12.1 Å². The monoisotopic (exact) mass is 558 g/mol. The van der Waals surface area contributed by atoms with E-state index in [0.717, 1.165) is 27.9 Å². The van der Waals surface area contributed by atoms with Crippen LogP contribution in [0, 0.1) is 20.8 Å². The van der Waals surface area contributed by atoms with Crippen LogP contribution in [0.15, 0.2) is 60.7 Å². The molecule has 0 unspecified atom stereocenters. The van der Waals surface area contributed by atoms with Crippen LogP contribution in [0.2, 0.25) is 0 Å². The van der Waals surface area contributed by atoms with Gasteiger partial charge in [0.15, 0.2) is 0 Å². The number of anilines is 2. The minimum atomic E-state index is -0.542. The van der Waals surface area contributed by atoms with Crippen LogP contribution in [0.1, 0.15) is 45.5 Å². The predicted molar refractivity (Wildman–Crippen MR) is 159 cm³/mol. The van der Waals surface area contributed by atoms with Gasteiger partial charge in [0.25, 0.3) is 5.91 Å². The van der Waals surface area contributed by atoms with Crippen LogP contribution in [0.5, 0.6) is 5.75 Å². The highest BCUT2D eigenvalue weighted by Crippen LogP contribution is 2.31. The normalized spacial score (nSPS) is 13.4. The Hall–Kier alpha value is -4.53. The number of piperidine rings is 1. The van der Waals surface area contributed by atoms with E-state index in [1.807, 2.05) is 57.2 Å². The number of nitrogens with one attached hydrogen (secondary N) is 2. The number of aromatic hydroxyl groups is 1. The molecule has 3 aromatic rings. The van der Waals surface area contributed by atoms with E-state index in [0.29, 0.717) is 37.2 Å². The lowest BCUT2D eigenvalue weighted by Gasteiger charge is -2.37. The zero-order chi connectivity index (χ0) is 29.5. The van der Waals surface area contributed by atoms with Gasteiger partial charge >= 0.3 is 6.09 Å². The second-order valence-corrected chi connectivity index (χ2v) is 10.5. The van der Waals surface area contributed by atoms with Gasteiger partial charge in [-0.1, -0.05) is 42.5 Å². The molecule has 0 spiro atoms. The summed E-state index contributed by atoms with van der Waals surface area (Å²) < 4.78 is 5.39. The third-order valence-electron chi connectivity index (χ3n) is 7.61. The van der Waals surface area contributed by atoms with Crippen molar-refractivity contribution in [2.24, 2.45) is 0 Å². The first-order valence-corrected chi connectivity index (χ1v) is 13.8. The Bertz CT molecular complexity index is 1400. The number of phenolic OH excluding ortho intramolecular Hbond substituents is 1. The van der Waals surface area contributed by atoms with Crippen molar-refractivity contribution in [2.45, 2.75) is 46.3 Å². The molecule has 1 aliphatic heterocycles. The van der Waals surface area contributed by atoms with Crippen LogP contribution in [0.25, 0.3) is 0 Å². The Morgan fingerprint density at radius 2 is 1.63 bits per heavy atom. The summed E-state index contributed by atoms with van der Waals surface area (Å²) in [4.78, 5) is 42.0. The molecular weight excluding hydrogens is 520 g/mol. The summed E-state index contributed by atoms with van der Waals surface area (Å²) in [5, 5.41) is 15.8. The molecule has 4 rings (SSSR count). The van der Waals surface area contributed by atoms with Crippen molar-refractivity contribution in [3.63, 3.8) is 0 Å². The Kier molecular flexibility index (Phi) is 9.49. The van der Waals surface area contributed by atoms with Crippen molar-refractivity contribution in [1.29, 1.82) is 0 Å². The van der Waals surface area contributed by atoms with E-state index >= 15 is 0 Å². The molecule has 0 saturated carbocycles. The number of amides is 3. The van der Waals surface area contributed by atoms with Gasteiger partial charge in [0.1, 0.15) is 12.4 Å². The first kappa shape index (κ1) is 29.5. The highest BCUT2D eigenvalue weighted by molar-refractivity contribution is 5.94. The van der Waals surface area contributed by atoms with E-state index in [9.17, 15) is 19.5 Å². The maximum Gasteiger partial charge on any atom is 0.411 e. The summed E-state index contributed by atoms with van der Waals surface area (Å²) in [6, 6.07) is 17.8. The van der Waals surface area contributed by atoms with Crippen LogP contribution in [0.4, 0.5) is 16.2 Å². The molecule has 9 heteroatoms. The Balaban J connectivity index is 1.31. The summed E-state index contributed by atoms with van der Waals surface area (Å²) in [5.74, 6) is -0.110. The Morgan fingerprint density at radius 1 is 0.951 bits per heavy atom. The number of likely N-dealkylation sites (N-methyl/N-ethyl adjacent to an activating group) is 1. The number of hydrogen-bond donors (Lipinski definition) is 3. The molecule has 0 radical (unpaired) electrons. The molecule has 3 N–H and O–H groups in total. The first-order chi connectivity index (χ1) is 19.6. The summed E-state index contributed by atoms with van der Waals surface area (Å²) >= 11 is 0. The second-order valence-electron chi connectivity index (χ2n) is 10.5. The molecule has 9 nitrogen and oxygen atoms in total. The standard InChI is InChI=1S/C32H38N4O5/c1-21-17-22(2)30(34-32(40)41-20-24-9-6-5-7-10-24)23(3)29(21)33-19-28(38)35(4)26-13-15-36(16-14-26)31(39)25-11-8-12-27(37)18-25/h5-12,17-18,26,33,37H,13-16,19-20H2,1-4H3,(H,34,40). The fourth-order valence-corrected chi connectivity index (χ4v) is 5.28. The quantitative estimate of drug-likeness (QED) is 0.349. The van der Waals surface area contributed by atoms with Crippen molar-refractivity contribution < 1.29 is 24.2 Å². The summed E-state index contributed by atoms with van der Waals surface area (Å²) in [6.07, 6.45) is 0.808. The van der Waals surface area contributed by atoms with Crippen molar-refractivity contribution in [3.05, 3.63) is 88.5 Å². The molecule has 1 aliphatic rings. The number of ether oxygens (including phenoxy) is 1. The third kappa shape index (κ3) is 7.36. The van der Waals surface area contributed by atoms with Gasteiger partial charge in [0, 0.05) is 37.4 Å². The third-order valence-corrected chi connectivity index (χ3v) is 7.61. The van der Waals surface area contributed by atoms with Crippen molar-refractivity contribution in [3.8, 4) is 5.75 Å². The minimum absolute atomic E-state index is 0.0225. The van der Waals surface area contributed by atoms with E-state index in [4.69, 9.17) is 4.74 Å². The lowest BCUT2D eigenvalue weighted by Crippen LogP contribution is -2.48. The molecular formula is C32H38N4O5. The van der Waals surface area contributed by atoms with E-state index in [2.05, 4.69) is 10.6 Å². The SMILES string of the molecule is Cc1cc(C)c(NC(=O)OCc2ccccc2)c(C)c1NCC(=O)N(C)C1CCN(C(=O)c2cccc(O)c2)CC1. The smallest absolute Gasteiger partial charge is 0.411 e. The van der Waals surface area contributed by atoms with Gasteiger partial charge in [0.2, 0.25) is 5.91 Å². The van der Waals surface area contributed by atoms with Crippen LogP contribution in [-0.2, 0) is 16.1 Å². The highest BCUT2D eigenvalue weighted by atomic mass is 16.5. The second kappa shape index (κ2) is 13.2. The fourth-order valence-electron chi connectivity index (χ4n) is 5.28. The molecule has 0 atom stereocenters. The minimum Gasteiger partial charge on any atom is -0.508 e. The number of rotatable bonds is 8. The molecule has 3 aromatic carbocycles. The summed E-state index contributed by atoms with van der Waals surface area (Å²) in [6.45, 7) is 7.14. The molecule has 41 heavy (non-hydrogen) atoms. The van der Waals surface area contributed by atoms with Gasteiger partial charge in [-0.05, 0) is 74.1 Å². The van der Waals surface area contributed by atoms with E-state index in [1.54, 1.807) is 29.0 Å². The number of carbonyl (C=O) groups excluding carboxylic acids is 3. The Morgan fingerprint density at radius 3 is 2.32 bits per heavy atom. The topological polar surface area (TPSA) is 111 Å². The van der Waals surface area contributed by atoms with Crippen LogP contribution in [0.3, 0.4) is 0 Å². The van der Waals surface area contributed by atoms with Crippen LogP contribution < -0.4 is 10.6 Å². The largest absolute Gasteiger partial charge is 0.508 e. The highest BCUT2D eigenvalue weighted by Gasteiger charge is 2.28. The van der Waals surface area contributed by atoms with Crippen molar-refractivity contribution in [2.75, 3.05) is 37.3 Å².